The number of nitrogens with zero attached hydrogens (tertiary/aromatic N) is 2. The lowest BCUT2D eigenvalue weighted by Crippen LogP contribution is -2.36. The first-order valence-electron chi connectivity index (χ1n) is 9.28. The molecule has 6 heteroatoms. The van der Waals surface area contributed by atoms with Crippen LogP contribution < -0.4 is 9.47 Å². The summed E-state index contributed by atoms with van der Waals surface area (Å²) in [6.45, 7) is 7.84. The van der Waals surface area contributed by atoms with E-state index >= 15 is 0 Å². The monoisotopic (exact) mass is 388 g/mol. The number of carbonyl (C=O) groups excluding carboxylic acids is 1. The fourth-order valence-corrected chi connectivity index (χ4v) is 4.26. The molecule has 5 nitrogen and oxygen atoms in total. The van der Waals surface area contributed by atoms with Gasteiger partial charge in [0.2, 0.25) is 5.91 Å². The fraction of sp³-hybridized carbons (Fsp3) is 0.524. The second kappa shape index (κ2) is 7.89. The van der Waals surface area contributed by atoms with Crippen molar-refractivity contribution in [2.45, 2.75) is 52.0 Å². The lowest BCUT2D eigenvalue weighted by Gasteiger charge is -2.29. The van der Waals surface area contributed by atoms with Gasteiger partial charge in [0.1, 0.15) is 0 Å². The van der Waals surface area contributed by atoms with Crippen LogP contribution in [-0.2, 0) is 29.6 Å². The van der Waals surface area contributed by atoms with Gasteiger partial charge in [-0.3, -0.25) is 4.79 Å². The summed E-state index contributed by atoms with van der Waals surface area (Å²) in [4.78, 5) is 19.3. The maximum Gasteiger partial charge on any atom is 0.223 e. The number of thiazole rings is 1. The summed E-state index contributed by atoms with van der Waals surface area (Å²) in [6.07, 6.45) is 2.04. The predicted molar refractivity (Wildman–Crippen MR) is 108 cm³/mol. The first-order valence-corrected chi connectivity index (χ1v) is 10.2. The summed E-state index contributed by atoms with van der Waals surface area (Å²) in [6, 6.07) is 4.02. The molecule has 0 radical (unpaired) electrons. The summed E-state index contributed by atoms with van der Waals surface area (Å²) in [5.41, 5.74) is 3.51. The van der Waals surface area contributed by atoms with Crippen molar-refractivity contribution in [3.63, 3.8) is 0 Å². The summed E-state index contributed by atoms with van der Waals surface area (Å²) < 4.78 is 10.8. The number of methoxy groups -OCH3 is 2. The van der Waals surface area contributed by atoms with Crippen LogP contribution in [0.5, 0.6) is 11.5 Å². The molecule has 0 unspecified atom stereocenters. The van der Waals surface area contributed by atoms with E-state index in [4.69, 9.17) is 14.5 Å². The molecule has 0 aliphatic carbocycles. The maximum absolute atomic E-state index is 12.7. The Morgan fingerprint density at radius 2 is 1.85 bits per heavy atom. The van der Waals surface area contributed by atoms with Crippen molar-refractivity contribution in [1.82, 2.24) is 9.88 Å². The van der Waals surface area contributed by atoms with Gasteiger partial charge in [-0.1, -0.05) is 20.8 Å². The summed E-state index contributed by atoms with van der Waals surface area (Å²) in [7, 11) is 3.28. The zero-order chi connectivity index (χ0) is 19.6. The molecule has 1 aliphatic heterocycles. The fourth-order valence-electron chi connectivity index (χ4n) is 3.24. The molecule has 1 amide bonds. The quantitative estimate of drug-likeness (QED) is 0.778. The summed E-state index contributed by atoms with van der Waals surface area (Å²) in [5, 5.41) is 3.15. The van der Waals surface area contributed by atoms with Gasteiger partial charge >= 0.3 is 0 Å². The Labute approximate surface area is 165 Å². The standard InChI is InChI=1S/C21H28N2O3S/c1-21(2,3)18-13-27-19(22-18)6-7-20(24)23-9-8-14-10-16(25-4)17(26-5)11-15(14)12-23/h10-11,13H,6-9,12H2,1-5H3. The maximum atomic E-state index is 12.7. The van der Waals surface area contributed by atoms with Gasteiger partial charge in [-0.2, -0.15) is 0 Å². The SMILES string of the molecule is COc1cc2c(cc1OC)CN(C(=O)CCc1nc(C(C)(C)C)cs1)CC2. The third kappa shape index (κ3) is 4.43. The smallest absolute Gasteiger partial charge is 0.223 e. The number of fused-ring (bicyclic) bond motifs is 1. The van der Waals surface area contributed by atoms with Crippen LogP contribution in [0.25, 0.3) is 0 Å². The molecular formula is C21H28N2O3S. The van der Waals surface area contributed by atoms with Crippen molar-refractivity contribution in [3.8, 4) is 11.5 Å². The van der Waals surface area contributed by atoms with E-state index in [9.17, 15) is 4.79 Å². The molecule has 1 aromatic carbocycles. The first-order chi connectivity index (χ1) is 12.8. The van der Waals surface area contributed by atoms with E-state index < -0.39 is 0 Å². The minimum absolute atomic E-state index is 0.0510. The van der Waals surface area contributed by atoms with E-state index in [1.165, 1.54) is 5.56 Å². The lowest BCUT2D eigenvalue weighted by atomic mass is 9.93. The summed E-state index contributed by atoms with van der Waals surface area (Å²) >= 11 is 1.65. The van der Waals surface area contributed by atoms with Crippen LogP contribution in [0.1, 0.15) is 49.0 Å². The lowest BCUT2D eigenvalue weighted by molar-refractivity contribution is -0.132. The van der Waals surface area contributed by atoms with E-state index in [-0.39, 0.29) is 11.3 Å². The Bertz CT molecular complexity index is 823. The highest BCUT2D eigenvalue weighted by molar-refractivity contribution is 7.09. The number of hydrogen-bond donors (Lipinski definition) is 0. The van der Waals surface area contributed by atoms with Crippen LogP contribution in [0, 0.1) is 0 Å². The van der Waals surface area contributed by atoms with Gasteiger partial charge in [-0.25, -0.2) is 4.98 Å². The number of aromatic nitrogens is 1. The average Bonchev–Trinajstić information content (AvgIpc) is 3.14. The zero-order valence-corrected chi connectivity index (χ0v) is 17.6. The third-order valence-corrected chi connectivity index (χ3v) is 5.85. The number of rotatable bonds is 5. The van der Waals surface area contributed by atoms with Crippen molar-refractivity contribution in [2.24, 2.45) is 0 Å². The molecule has 0 atom stereocenters. The van der Waals surface area contributed by atoms with E-state index in [1.54, 1.807) is 25.6 Å². The molecule has 2 heterocycles. The normalized spacial score (nSPS) is 14.0. The van der Waals surface area contributed by atoms with Gasteiger partial charge in [0.05, 0.1) is 24.9 Å². The van der Waals surface area contributed by atoms with Crippen molar-refractivity contribution in [3.05, 3.63) is 39.3 Å². The average molecular weight is 389 g/mol. The van der Waals surface area contributed by atoms with Gasteiger partial charge in [-0.05, 0) is 29.7 Å². The highest BCUT2D eigenvalue weighted by Gasteiger charge is 2.23. The van der Waals surface area contributed by atoms with Crippen LogP contribution in [0.4, 0.5) is 0 Å². The zero-order valence-electron chi connectivity index (χ0n) is 16.8. The summed E-state index contributed by atoms with van der Waals surface area (Å²) in [5.74, 6) is 1.64. The Morgan fingerprint density at radius 3 is 2.44 bits per heavy atom. The van der Waals surface area contributed by atoms with Crippen LogP contribution in [0.2, 0.25) is 0 Å². The molecular weight excluding hydrogens is 360 g/mol. The van der Waals surface area contributed by atoms with Crippen molar-refractivity contribution in [2.75, 3.05) is 20.8 Å². The molecule has 1 aliphatic rings. The number of ether oxygens (including phenoxy) is 2. The molecule has 0 bridgehead atoms. The first kappa shape index (κ1) is 19.7. The van der Waals surface area contributed by atoms with Gasteiger partial charge in [0.25, 0.3) is 0 Å². The molecule has 0 saturated heterocycles. The van der Waals surface area contributed by atoms with Crippen molar-refractivity contribution >= 4 is 17.2 Å². The van der Waals surface area contributed by atoms with Gasteiger partial charge in [-0.15, -0.1) is 11.3 Å². The van der Waals surface area contributed by atoms with E-state index in [2.05, 4.69) is 26.2 Å². The van der Waals surface area contributed by atoms with Crippen molar-refractivity contribution < 1.29 is 14.3 Å². The largest absolute Gasteiger partial charge is 0.493 e. The Balaban J connectivity index is 1.63. The molecule has 27 heavy (non-hydrogen) atoms. The Morgan fingerprint density at radius 1 is 1.19 bits per heavy atom. The number of hydrogen-bond acceptors (Lipinski definition) is 5. The van der Waals surface area contributed by atoms with Crippen LogP contribution in [-0.4, -0.2) is 36.6 Å². The second-order valence-electron chi connectivity index (χ2n) is 7.92. The van der Waals surface area contributed by atoms with Crippen LogP contribution in [0.15, 0.2) is 17.5 Å². The number of benzene rings is 1. The van der Waals surface area contributed by atoms with Gasteiger partial charge < -0.3 is 14.4 Å². The van der Waals surface area contributed by atoms with E-state index in [0.29, 0.717) is 25.1 Å². The molecule has 1 aromatic heterocycles. The van der Waals surface area contributed by atoms with Gasteiger partial charge in [0.15, 0.2) is 11.5 Å². The molecule has 3 rings (SSSR count). The molecule has 0 fully saturated rings. The van der Waals surface area contributed by atoms with Crippen LogP contribution >= 0.6 is 11.3 Å². The van der Waals surface area contributed by atoms with E-state index in [0.717, 1.165) is 35.0 Å². The Kier molecular flexibility index (Phi) is 5.75. The second-order valence-corrected chi connectivity index (χ2v) is 8.86. The van der Waals surface area contributed by atoms with Gasteiger partial charge in [0, 0.05) is 36.7 Å². The molecule has 146 valence electrons. The minimum Gasteiger partial charge on any atom is -0.493 e. The number of amides is 1. The number of carbonyl (C=O) groups is 1. The van der Waals surface area contributed by atoms with Crippen LogP contribution in [0.3, 0.4) is 0 Å². The highest BCUT2D eigenvalue weighted by Crippen LogP contribution is 2.33. The topological polar surface area (TPSA) is 51.7 Å². The predicted octanol–water partition coefficient (Wildman–Crippen LogP) is 3.98. The number of aryl methyl sites for hydroxylation is 1. The van der Waals surface area contributed by atoms with E-state index in [1.807, 2.05) is 17.0 Å². The highest BCUT2D eigenvalue weighted by atomic mass is 32.1. The molecule has 2 aromatic rings. The molecule has 0 N–H and O–H groups in total. The molecule has 0 spiro atoms. The molecule has 0 saturated carbocycles. The minimum atomic E-state index is 0.0510. The third-order valence-electron chi connectivity index (χ3n) is 4.94. The Hall–Kier alpha value is -2.08. The van der Waals surface area contributed by atoms with Crippen molar-refractivity contribution in [1.29, 1.82) is 0 Å².